The highest BCUT2D eigenvalue weighted by molar-refractivity contribution is 5.59. The number of hydrogen-bond acceptors (Lipinski definition) is 3. The molecule has 138 valence electrons. The molecule has 0 aromatic heterocycles. The predicted octanol–water partition coefficient (Wildman–Crippen LogP) is 5.34. The molecular formula is C24H26N2O. The van der Waals surface area contributed by atoms with Crippen LogP contribution in [-0.2, 0) is 0 Å². The van der Waals surface area contributed by atoms with E-state index in [2.05, 4.69) is 84.3 Å². The molecule has 3 aromatic carbocycles. The zero-order valence-corrected chi connectivity index (χ0v) is 16.2. The number of aryl methyl sites for hydroxylation is 2. The third-order valence-electron chi connectivity index (χ3n) is 5.32. The molecule has 1 aliphatic rings. The zero-order valence-electron chi connectivity index (χ0n) is 16.2. The molecule has 1 saturated heterocycles. The van der Waals surface area contributed by atoms with Crippen molar-refractivity contribution in [2.45, 2.75) is 20.0 Å². The van der Waals surface area contributed by atoms with Crippen LogP contribution in [0.5, 0.6) is 5.75 Å². The summed E-state index contributed by atoms with van der Waals surface area (Å²) in [4.78, 5) is 4.97. The van der Waals surface area contributed by atoms with Crippen LogP contribution in [0, 0.1) is 13.8 Å². The Morgan fingerprint density at radius 2 is 1.11 bits per heavy atom. The Balaban J connectivity index is 1.74. The van der Waals surface area contributed by atoms with Gasteiger partial charge in [0.25, 0.3) is 0 Å². The van der Waals surface area contributed by atoms with Gasteiger partial charge in [0.05, 0.1) is 7.11 Å². The first-order valence-electron chi connectivity index (χ1n) is 9.46. The van der Waals surface area contributed by atoms with E-state index in [0.29, 0.717) is 0 Å². The standard InChI is InChI=1S/C24H26N2O/c1-18-4-10-21(11-5-18)25-16-17-26(22-12-6-19(2)7-13-22)24(25)20-8-14-23(27-3)15-9-20/h4-15,24H,16-17H2,1-3H3. The van der Waals surface area contributed by atoms with Crippen LogP contribution >= 0.6 is 0 Å². The minimum Gasteiger partial charge on any atom is -0.497 e. The summed E-state index contributed by atoms with van der Waals surface area (Å²) in [6.07, 6.45) is 0.168. The molecular weight excluding hydrogens is 332 g/mol. The highest BCUT2D eigenvalue weighted by Gasteiger charge is 2.33. The van der Waals surface area contributed by atoms with Crippen LogP contribution < -0.4 is 14.5 Å². The van der Waals surface area contributed by atoms with Gasteiger partial charge in [0.1, 0.15) is 11.9 Å². The van der Waals surface area contributed by atoms with Crippen LogP contribution in [-0.4, -0.2) is 20.2 Å². The second-order valence-corrected chi connectivity index (χ2v) is 7.20. The number of rotatable bonds is 4. The number of hydrogen-bond donors (Lipinski definition) is 0. The lowest BCUT2D eigenvalue weighted by atomic mass is 10.1. The molecule has 0 saturated carbocycles. The Hall–Kier alpha value is -2.94. The van der Waals surface area contributed by atoms with Crippen molar-refractivity contribution in [1.29, 1.82) is 0 Å². The van der Waals surface area contributed by atoms with Crippen molar-refractivity contribution in [2.75, 3.05) is 30.0 Å². The number of methoxy groups -OCH3 is 1. The van der Waals surface area contributed by atoms with Gasteiger partial charge in [-0.2, -0.15) is 0 Å². The molecule has 0 spiro atoms. The minimum atomic E-state index is 0.168. The van der Waals surface area contributed by atoms with Crippen LogP contribution in [0.4, 0.5) is 11.4 Å². The first-order valence-corrected chi connectivity index (χ1v) is 9.46. The van der Waals surface area contributed by atoms with Gasteiger partial charge in [0.15, 0.2) is 0 Å². The van der Waals surface area contributed by atoms with Crippen LogP contribution in [0.15, 0.2) is 72.8 Å². The zero-order chi connectivity index (χ0) is 18.8. The van der Waals surface area contributed by atoms with Crippen LogP contribution in [0.25, 0.3) is 0 Å². The van der Waals surface area contributed by atoms with Gasteiger partial charge in [0.2, 0.25) is 0 Å². The molecule has 3 heteroatoms. The average molecular weight is 358 g/mol. The Kier molecular flexibility index (Phi) is 4.76. The van der Waals surface area contributed by atoms with E-state index in [9.17, 15) is 0 Å². The Bertz CT molecular complexity index is 832. The molecule has 0 bridgehead atoms. The summed E-state index contributed by atoms with van der Waals surface area (Å²) in [5, 5.41) is 0. The van der Waals surface area contributed by atoms with E-state index >= 15 is 0 Å². The topological polar surface area (TPSA) is 15.7 Å². The molecule has 27 heavy (non-hydrogen) atoms. The van der Waals surface area contributed by atoms with Crippen molar-refractivity contribution >= 4 is 11.4 Å². The molecule has 0 aliphatic carbocycles. The summed E-state index contributed by atoms with van der Waals surface area (Å²) in [5.74, 6) is 0.889. The molecule has 0 N–H and O–H groups in total. The van der Waals surface area contributed by atoms with Crippen molar-refractivity contribution in [3.05, 3.63) is 89.5 Å². The predicted molar refractivity (Wildman–Crippen MR) is 113 cm³/mol. The first kappa shape index (κ1) is 17.5. The van der Waals surface area contributed by atoms with E-state index in [4.69, 9.17) is 4.74 Å². The SMILES string of the molecule is COc1ccc(C2N(c3ccc(C)cc3)CCN2c2ccc(C)cc2)cc1. The Labute approximate surface area is 161 Å². The molecule has 0 radical (unpaired) electrons. The van der Waals surface area contributed by atoms with Gasteiger partial charge in [-0.05, 0) is 55.8 Å². The lowest BCUT2D eigenvalue weighted by Crippen LogP contribution is -2.30. The molecule has 1 fully saturated rings. The molecule has 3 aromatic rings. The summed E-state index contributed by atoms with van der Waals surface area (Å²) in [5.41, 5.74) is 6.37. The highest BCUT2D eigenvalue weighted by Crippen LogP contribution is 2.38. The van der Waals surface area contributed by atoms with Gasteiger partial charge in [0, 0.05) is 24.5 Å². The fourth-order valence-corrected chi connectivity index (χ4v) is 3.78. The third-order valence-corrected chi connectivity index (χ3v) is 5.32. The van der Waals surface area contributed by atoms with Gasteiger partial charge in [-0.3, -0.25) is 0 Å². The second-order valence-electron chi connectivity index (χ2n) is 7.20. The maximum Gasteiger partial charge on any atom is 0.128 e. The van der Waals surface area contributed by atoms with Gasteiger partial charge in [-0.25, -0.2) is 0 Å². The Morgan fingerprint density at radius 1 is 0.667 bits per heavy atom. The van der Waals surface area contributed by atoms with Gasteiger partial charge >= 0.3 is 0 Å². The Morgan fingerprint density at radius 3 is 1.52 bits per heavy atom. The summed E-state index contributed by atoms with van der Waals surface area (Å²) < 4.78 is 5.35. The average Bonchev–Trinajstić information content (AvgIpc) is 3.14. The number of ether oxygens (including phenoxy) is 1. The van der Waals surface area contributed by atoms with E-state index in [-0.39, 0.29) is 6.17 Å². The number of benzene rings is 3. The fourth-order valence-electron chi connectivity index (χ4n) is 3.78. The number of nitrogens with zero attached hydrogens (tertiary/aromatic N) is 2. The summed E-state index contributed by atoms with van der Waals surface area (Å²) >= 11 is 0. The monoisotopic (exact) mass is 358 g/mol. The first-order chi connectivity index (χ1) is 13.2. The van der Waals surface area contributed by atoms with Crippen molar-refractivity contribution in [3.63, 3.8) is 0 Å². The summed E-state index contributed by atoms with van der Waals surface area (Å²) in [7, 11) is 1.71. The van der Waals surface area contributed by atoms with E-state index in [1.807, 2.05) is 12.1 Å². The molecule has 4 rings (SSSR count). The maximum absolute atomic E-state index is 5.35. The van der Waals surface area contributed by atoms with Crippen molar-refractivity contribution < 1.29 is 4.74 Å². The van der Waals surface area contributed by atoms with E-state index in [0.717, 1.165) is 18.8 Å². The van der Waals surface area contributed by atoms with Gasteiger partial charge in [-0.15, -0.1) is 0 Å². The minimum absolute atomic E-state index is 0.168. The molecule has 3 nitrogen and oxygen atoms in total. The molecule has 1 aliphatic heterocycles. The lowest BCUT2D eigenvalue weighted by molar-refractivity contribution is 0.414. The normalized spacial score (nSPS) is 14.6. The van der Waals surface area contributed by atoms with Crippen molar-refractivity contribution in [2.24, 2.45) is 0 Å². The highest BCUT2D eigenvalue weighted by atomic mass is 16.5. The van der Waals surface area contributed by atoms with Gasteiger partial charge < -0.3 is 14.5 Å². The quantitative estimate of drug-likeness (QED) is 0.626. The van der Waals surface area contributed by atoms with E-state index < -0.39 is 0 Å². The molecule has 1 heterocycles. The van der Waals surface area contributed by atoms with E-state index in [1.54, 1.807) is 7.11 Å². The molecule has 0 amide bonds. The molecule has 0 unspecified atom stereocenters. The second kappa shape index (κ2) is 7.36. The smallest absolute Gasteiger partial charge is 0.128 e. The lowest BCUT2D eigenvalue weighted by Gasteiger charge is -2.33. The third kappa shape index (κ3) is 3.50. The van der Waals surface area contributed by atoms with Crippen molar-refractivity contribution in [1.82, 2.24) is 0 Å². The van der Waals surface area contributed by atoms with Crippen LogP contribution in [0.1, 0.15) is 22.9 Å². The summed E-state index contributed by atoms with van der Waals surface area (Å²) in [6.45, 7) is 6.25. The molecule has 0 atom stereocenters. The largest absolute Gasteiger partial charge is 0.497 e. The van der Waals surface area contributed by atoms with Gasteiger partial charge in [-0.1, -0.05) is 47.5 Å². The fraction of sp³-hybridized carbons (Fsp3) is 0.250. The van der Waals surface area contributed by atoms with Crippen LogP contribution in [0.2, 0.25) is 0 Å². The van der Waals surface area contributed by atoms with E-state index in [1.165, 1.54) is 28.1 Å². The summed E-state index contributed by atoms with van der Waals surface area (Å²) in [6, 6.07) is 26.1. The maximum atomic E-state index is 5.35. The van der Waals surface area contributed by atoms with Crippen molar-refractivity contribution in [3.8, 4) is 5.75 Å². The van der Waals surface area contributed by atoms with Crippen LogP contribution in [0.3, 0.4) is 0 Å². The number of anilines is 2.